The van der Waals surface area contributed by atoms with Gasteiger partial charge < -0.3 is 9.84 Å². The molecule has 1 saturated heterocycles. The summed E-state index contributed by atoms with van der Waals surface area (Å²) in [4.78, 5) is 23.2. The molecule has 2 aromatic carbocycles. The Morgan fingerprint density at radius 3 is 2.62 bits per heavy atom. The highest BCUT2D eigenvalue weighted by molar-refractivity contribution is 5.96. The molecule has 1 heterocycles. The molecule has 1 aliphatic rings. The first kappa shape index (κ1) is 20.7. The van der Waals surface area contributed by atoms with Crippen LogP contribution in [-0.2, 0) is 16.0 Å². The van der Waals surface area contributed by atoms with Crippen molar-refractivity contribution in [2.75, 3.05) is 0 Å². The molecule has 2 unspecified atom stereocenters. The van der Waals surface area contributed by atoms with Crippen LogP contribution in [0.3, 0.4) is 0 Å². The van der Waals surface area contributed by atoms with Crippen molar-refractivity contribution in [3.8, 4) is 0 Å². The highest BCUT2D eigenvalue weighted by Crippen LogP contribution is 2.37. The second kappa shape index (κ2) is 9.01. The third kappa shape index (κ3) is 5.09. The summed E-state index contributed by atoms with van der Waals surface area (Å²) in [5, 5.41) is 21.7. The lowest BCUT2D eigenvalue weighted by Gasteiger charge is -2.40. The molecule has 2 atom stereocenters. The van der Waals surface area contributed by atoms with Gasteiger partial charge in [0.25, 0.3) is 5.69 Å². The van der Waals surface area contributed by atoms with Crippen molar-refractivity contribution in [3.05, 3.63) is 81.4 Å². The third-order valence-electron chi connectivity index (χ3n) is 5.29. The van der Waals surface area contributed by atoms with Crippen LogP contribution in [0.2, 0.25) is 0 Å². The Bertz CT molecular complexity index is 908. The topological polar surface area (TPSA) is 89.7 Å². The zero-order chi connectivity index (χ0) is 20.9. The number of cyclic esters (lactones) is 1. The van der Waals surface area contributed by atoms with Crippen LogP contribution in [0, 0.1) is 10.1 Å². The van der Waals surface area contributed by atoms with Gasteiger partial charge in [0.05, 0.1) is 16.6 Å². The molecule has 1 aliphatic heterocycles. The number of aliphatic hydroxyl groups excluding tert-OH is 1. The predicted molar refractivity (Wildman–Crippen MR) is 110 cm³/mol. The summed E-state index contributed by atoms with van der Waals surface area (Å²) >= 11 is 0. The van der Waals surface area contributed by atoms with Crippen LogP contribution in [0.5, 0.6) is 0 Å². The number of aliphatic hydroxyl groups is 1. The Morgan fingerprint density at radius 2 is 1.97 bits per heavy atom. The molecule has 0 aliphatic carbocycles. The average Bonchev–Trinajstić information content (AvgIpc) is 2.71. The SMILES string of the molecule is CCCC1(CCc2ccccc2)CC(O)/C(=C/c2cccc([N+](=O)[O-])c2)C(=O)O1. The molecule has 0 radical (unpaired) electrons. The maximum atomic E-state index is 12.7. The molecule has 0 spiro atoms. The summed E-state index contributed by atoms with van der Waals surface area (Å²) in [5.74, 6) is -0.559. The number of ether oxygens (including phenoxy) is 1. The molecule has 1 fully saturated rings. The van der Waals surface area contributed by atoms with Crippen molar-refractivity contribution in [3.63, 3.8) is 0 Å². The Kier molecular flexibility index (Phi) is 6.44. The van der Waals surface area contributed by atoms with Gasteiger partial charge in [0.1, 0.15) is 5.60 Å². The minimum Gasteiger partial charge on any atom is -0.456 e. The maximum absolute atomic E-state index is 12.7. The molecule has 152 valence electrons. The summed E-state index contributed by atoms with van der Waals surface area (Å²) in [6.07, 6.45) is 3.72. The van der Waals surface area contributed by atoms with E-state index in [0.717, 1.165) is 18.4 Å². The van der Waals surface area contributed by atoms with Gasteiger partial charge in [-0.15, -0.1) is 0 Å². The van der Waals surface area contributed by atoms with E-state index in [1.54, 1.807) is 12.1 Å². The lowest BCUT2D eigenvalue weighted by atomic mass is 9.81. The fourth-order valence-corrected chi connectivity index (χ4v) is 3.86. The molecule has 29 heavy (non-hydrogen) atoms. The molecule has 6 nitrogen and oxygen atoms in total. The van der Waals surface area contributed by atoms with E-state index in [2.05, 4.69) is 0 Å². The summed E-state index contributed by atoms with van der Waals surface area (Å²) < 4.78 is 5.87. The van der Waals surface area contributed by atoms with Crippen LogP contribution in [0.15, 0.2) is 60.2 Å². The van der Waals surface area contributed by atoms with Gasteiger partial charge in [0.15, 0.2) is 0 Å². The Morgan fingerprint density at radius 1 is 1.21 bits per heavy atom. The summed E-state index contributed by atoms with van der Waals surface area (Å²) in [7, 11) is 0. The summed E-state index contributed by atoms with van der Waals surface area (Å²) in [6, 6.07) is 15.9. The smallest absolute Gasteiger partial charge is 0.337 e. The fraction of sp³-hybridized carbons (Fsp3) is 0.348. The quantitative estimate of drug-likeness (QED) is 0.324. The normalized spacial score (nSPS) is 23.0. The number of rotatable bonds is 7. The number of nitro groups is 1. The third-order valence-corrected chi connectivity index (χ3v) is 5.29. The van der Waals surface area contributed by atoms with E-state index in [-0.39, 0.29) is 11.3 Å². The minimum atomic E-state index is -0.974. The number of hydrogen-bond acceptors (Lipinski definition) is 5. The summed E-state index contributed by atoms with van der Waals surface area (Å²) in [5.41, 5.74) is 1.00. The van der Waals surface area contributed by atoms with Crippen LogP contribution in [-0.4, -0.2) is 27.7 Å². The maximum Gasteiger partial charge on any atom is 0.337 e. The van der Waals surface area contributed by atoms with Crippen molar-refractivity contribution < 1.29 is 19.6 Å². The fourth-order valence-electron chi connectivity index (χ4n) is 3.86. The predicted octanol–water partition coefficient (Wildman–Crippen LogP) is 4.46. The average molecular weight is 395 g/mol. The standard InChI is InChI=1S/C23H25NO5/c1-2-12-23(13-11-17-7-4-3-5-8-17)16-21(25)20(22(26)29-23)15-18-9-6-10-19(14-18)24(27)28/h3-10,14-15,21,25H,2,11-13,16H2,1H3/b20-15-. The minimum absolute atomic E-state index is 0.0683. The highest BCUT2D eigenvalue weighted by Gasteiger charge is 2.43. The first-order valence-corrected chi connectivity index (χ1v) is 9.84. The van der Waals surface area contributed by atoms with E-state index >= 15 is 0 Å². The van der Waals surface area contributed by atoms with Gasteiger partial charge in [-0.2, -0.15) is 0 Å². The van der Waals surface area contributed by atoms with Crippen molar-refractivity contribution in [2.24, 2.45) is 0 Å². The van der Waals surface area contributed by atoms with E-state index in [4.69, 9.17) is 4.74 Å². The number of aryl methyl sites for hydroxylation is 1. The van der Waals surface area contributed by atoms with Gasteiger partial charge in [-0.25, -0.2) is 4.79 Å². The first-order chi connectivity index (χ1) is 13.9. The van der Waals surface area contributed by atoms with Crippen LogP contribution in [0.25, 0.3) is 6.08 Å². The molecule has 0 aromatic heterocycles. The number of non-ortho nitro benzene ring substituents is 1. The number of carbonyl (C=O) groups is 1. The van der Waals surface area contributed by atoms with E-state index in [9.17, 15) is 20.0 Å². The first-order valence-electron chi connectivity index (χ1n) is 9.84. The Balaban J connectivity index is 1.80. The molecule has 0 saturated carbocycles. The van der Waals surface area contributed by atoms with Crippen molar-refractivity contribution in [1.82, 2.24) is 0 Å². The zero-order valence-electron chi connectivity index (χ0n) is 16.4. The molecule has 2 aromatic rings. The van der Waals surface area contributed by atoms with Gasteiger partial charge in [-0.3, -0.25) is 10.1 Å². The highest BCUT2D eigenvalue weighted by atomic mass is 16.6. The van der Waals surface area contributed by atoms with E-state index < -0.39 is 22.6 Å². The van der Waals surface area contributed by atoms with Crippen LogP contribution >= 0.6 is 0 Å². The van der Waals surface area contributed by atoms with E-state index in [1.165, 1.54) is 18.2 Å². The van der Waals surface area contributed by atoms with E-state index in [0.29, 0.717) is 24.8 Å². The monoisotopic (exact) mass is 395 g/mol. The Hall–Kier alpha value is -2.99. The van der Waals surface area contributed by atoms with Crippen molar-refractivity contribution in [2.45, 2.75) is 50.7 Å². The van der Waals surface area contributed by atoms with Crippen LogP contribution in [0.4, 0.5) is 5.69 Å². The van der Waals surface area contributed by atoms with E-state index in [1.807, 2.05) is 37.3 Å². The number of nitro benzene ring substituents is 1. The van der Waals surface area contributed by atoms with Crippen LogP contribution < -0.4 is 0 Å². The lowest BCUT2D eigenvalue weighted by molar-refractivity contribution is -0.384. The van der Waals surface area contributed by atoms with Crippen molar-refractivity contribution in [1.29, 1.82) is 0 Å². The largest absolute Gasteiger partial charge is 0.456 e. The molecule has 0 bridgehead atoms. The summed E-state index contributed by atoms with van der Waals surface area (Å²) in [6.45, 7) is 2.03. The molecule has 0 amide bonds. The van der Waals surface area contributed by atoms with Gasteiger partial charge in [-0.05, 0) is 36.5 Å². The van der Waals surface area contributed by atoms with Gasteiger partial charge >= 0.3 is 5.97 Å². The number of carbonyl (C=O) groups excluding carboxylic acids is 1. The van der Waals surface area contributed by atoms with Gasteiger partial charge in [0.2, 0.25) is 0 Å². The number of benzene rings is 2. The Labute approximate surface area is 170 Å². The molecular formula is C23H25NO5. The van der Waals surface area contributed by atoms with Crippen molar-refractivity contribution >= 4 is 17.7 Å². The van der Waals surface area contributed by atoms with Crippen LogP contribution in [0.1, 0.15) is 43.7 Å². The second-order valence-corrected chi connectivity index (χ2v) is 7.48. The van der Waals surface area contributed by atoms with Gasteiger partial charge in [0, 0.05) is 18.6 Å². The number of hydrogen-bond donors (Lipinski definition) is 1. The molecule has 1 N–H and O–H groups in total. The lowest BCUT2D eigenvalue weighted by Crippen LogP contribution is -2.46. The van der Waals surface area contributed by atoms with Gasteiger partial charge in [-0.1, -0.05) is 55.8 Å². The molecule has 3 rings (SSSR count). The second-order valence-electron chi connectivity index (χ2n) is 7.48. The number of nitrogens with zero attached hydrogens (tertiary/aromatic N) is 1. The zero-order valence-corrected chi connectivity index (χ0v) is 16.4. The molecule has 6 heteroatoms. The molecular weight excluding hydrogens is 370 g/mol. The number of esters is 1.